The van der Waals surface area contributed by atoms with Crippen LogP contribution in [0, 0.1) is 0 Å². The van der Waals surface area contributed by atoms with E-state index in [0.29, 0.717) is 0 Å². The van der Waals surface area contributed by atoms with Gasteiger partial charge in [-0.1, -0.05) is 6.92 Å². The highest BCUT2D eigenvalue weighted by Crippen LogP contribution is 2.08. The summed E-state index contributed by atoms with van der Waals surface area (Å²) in [6.07, 6.45) is 4.62. The molecule has 1 N–H and O–H groups in total. The van der Waals surface area contributed by atoms with Gasteiger partial charge in [-0.2, -0.15) is 5.10 Å². The summed E-state index contributed by atoms with van der Waals surface area (Å²) >= 11 is 0. The van der Waals surface area contributed by atoms with Crippen molar-refractivity contribution in [3.63, 3.8) is 0 Å². The van der Waals surface area contributed by atoms with Crippen molar-refractivity contribution in [3.8, 4) is 0 Å². The van der Waals surface area contributed by atoms with Gasteiger partial charge in [0, 0.05) is 18.3 Å². The Kier molecular flexibility index (Phi) is 5.19. The van der Waals surface area contributed by atoms with Crippen LogP contribution in [-0.2, 0) is 19.9 Å². The summed E-state index contributed by atoms with van der Waals surface area (Å²) in [4.78, 5) is 0. The molecule has 17 heavy (non-hydrogen) atoms. The molecule has 1 aromatic rings. The van der Waals surface area contributed by atoms with Crippen LogP contribution in [0.4, 0.5) is 0 Å². The molecule has 0 saturated heterocycles. The molecule has 0 aromatic carbocycles. The molecule has 0 saturated carbocycles. The fraction of sp³-hybridized carbons (Fsp3) is 0.786. The first-order chi connectivity index (χ1) is 7.92. The summed E-state index contributed by atoms with van der Waals surface area (Å²) in [5.74, 6) is 0. The first kappa shape index (κ1) is 14.2. The van der Waals surface area contributed by atoms with E-state index in [1.54, 1.807) is 0 Å². The van der Waals surface area contributed by atoms with Gasteiger partial charge in [0.15, 0.2) is 0 Å². The number of aromatic nitrogens is 2. The van der Waals surface area contributed by atoms with Crippen LogP contribution in [0.5, 0.6) is 0 Å². The van der Waals surface area contributed by atoms with Crippen molar-refractivity contribution in [2.24, 2.45) is 7.05 Å². The molecule has 1 heterocycles. The molecule has 0 aliphatic carbocycles. The molecule has 1 aromatic heterocycles. The van der Waals surface area contributed by atoms with Gasteiger partial charge in [0.1, 0.15) is 0 Å². The second kappa shape index (κ2) is 6.20. The summed E-state index contributed by atoms with van der Waals surface area (Å²) in [6.45, 7) is 9.88. The second-order valence-electron chi connectivity index (χ2n) is 5.74. The minimum atomic E-state index is 0.238. The Bertz CT molecular complexity index is 334. The van der Waals surface area contributed by atoms with Crippen LogP contribution in [0.1, 0.15) is 51.9 Å². The van der Waals surface area contributed by atoms with Crippen molar-refractivity contribution < 1.29 is 0 Å². The highest BCUT2D eigenvalue weighted by atomic mass is 15.3. The molecule has 0 radical (unpaired) electrons. The first-order valence-electron chi connectivity index (χ1n) is 6.69. The third-order valence-corrected chi connectivity index (χ3v) is 2.90. The molecule has 0 unspecified atom stereocenters. The van der Waals surface area contributed by atoms with Crippen molar-refractivity contribution in [2.75, 3.05) is 6.54 Å². The molecule has 1 rings (SSSR count). The average molecular weight is 237 g/mol. The van der Waals surface area contributed by atoms with Gasteiger partial charge in [-0.25, -0.2) is 0 Å². The van der Waals surface area contributed by atoms with E-state index in [9.17, 15) is 0 Å². The fourth-order valence-electron chi connectivity index (χ4n) is 1.87. The molecule has 0 aliphatic rings. The maximum atomic E-state index is 4.47. The van der Waals surface area contributed by atoms with Crippen LogP contribution in [0.15, 0.2) is 6.07 Å². The van der Waals surface area contributed by atoms with Crippen molar-refractivity contribution in [1.29, 1.82) is 0 Å². The Balaban J connectivity index is 2.24. The summed E-state index contributed by atoms with van der Waals surface area (Å²) in [7, 11) is 2.04. The molecule has 0 atom stereocenters. The summed E-state index contributed by atoms with van der Waals surface area (Å²) in [6, 6.07) is 2.23. The second-order valence-corrected chi connectivity index (χ2v) is 5.74. The largest absolute Gasteiger partial charge is 0.312 e. The Morgan fingerprint density at radius 3 is 2.53 bits per heavy atom. The Morgan fingerprint density at radius 2 is 2.00 bits per heavy atom. The highest BCUT2D eigenvalue weighted by molar-refractivity contribution is 5.10. The lowest BCUT2D eigenvalue weighted by Crippen LogP contribution is -2.36. The predicted octanol–water partition coefficient (Wildman–Crippen LogP) is 2.69. The van der Waals surface area contributed by atoms with E-state index >= 15 is 0 Å². The molecule has 0 bridgehead atoms. The van der Waals surface area contributed by atoms with Crippen LogP contribution < -0.4 is 5.32 Å². The lowest BCUT2D eigenvalue weighted by molar-refractivity contribution is 0.418. The molecular weight excluding hydrogens is 210 g/mol. The van der Waals surface area contributed by atoms with Gasteiger partial charge in [-0.05, 0) is 59.1 Å². The third-order valence-electron chi connectivity index (χ3n) is 2.90. The Hall–Kier alpha value is -0.830. The van der Waals surface area contributed by atoms with Gasteiger partial charge in [0.25, 0.3) is 0 Å². The highest BCUT2D eigenvalue weighted by Gasteiger charge is 2.07. The number of nitrogens with one attached hydrogen (secondary N) is 1. The topological polar surface area (TPSA) is 29.9 Å². The zero-order valence-electron chi connectivity index (χ0n) is 12.0. The van der Waals surface area contributed by atoms with Crippen LogP contribution in [0.25, 0.3) is 0 Å². The SMILES string of the molecule is CCc1cc(CCCCNC(C)(C)C)n(C)n1. The quantitative estimate of drug-likeness (QED) is 0.771. The first-order valence-corrected chi connectivity index (χ1v) is 6.69. The molecular formula is C14H27N3. The lowest BCUT2D eigenvalue weighted by atomic mass is 10.1. The zero-order chi connectivity index (χ0) is 12.9. The molecule has 3 nitrogen and oxygen atoms in total. The number of hydrogen-bond donors (Lipinski definition) is 1. The number of rotatable bonds is 6. The minimum Gasteiger partial charge on any atom is -0.312 e. The van der Waals surface area contributed by atoms with Crippen LogP contribution in [0.3, 0.4) is 0 Å². The van der Waals surface area contributed by atoms with Gasteiger partial charge in [0.05, 0.1) is 5.69 Å². The van der Waals surface area contributed by atoms with E-state index in [1.807, 2.05) is 11.7 Å². The average Bonchev–Trinajstić information content (AvgIpc) is 2.57. The van der Waals surface area contributed by atoms with Crippen molar-refractivity contribution in [2.45, 2.75) is 58.9 Å². The van der Waals surface area contributed by atoms with E-state index < -0.39 is 0 Å². The molecule has 0 spiro atoms. The van der Waals surface area contributed by atoms with Crippen LogP contribution in [-0.4, -0.2) is 21.9 Å². The standard InChI is InChI=1S/C14H27N3/c1-6-12-11-13(17(5)16-12)9-7-8-10-15-14(2,3)4/h11,15H,6-10H2,1-5H3. The fourth-order valence-corrected chi connectivity index (χ4v) is 1.87. The van der Waals surface area contributed by atoms with E-state index in [2.05, 4.69) is 44.2 Å². The van der Waals surface area contributed by atoms with Gasteiger partial charge >= 0.3 is 0 Å². The maximum Gasteiger partial charge on any atom is 0.0624 e. The van der Waals surface area contributed by atoms with Crippen molar-refractivity contribution in [3.05, 3.63) is 17.5 Å². The maximum absolute atomic E-state index is 4.47. The number of nitrogens with zero attached hydrogens (tertiary/aromatic N) is 2. The number of hydrogen-bond acceptors (Lipinski definition) is 2. The van der Waals surface area contributed by atoms with Gasteiger partial charge in [-0.15, -0.1) is 0 Å². The monoisotopic (exact) mass is 237 g/mol. The van der Waals surface area contributed by atoms with E-state index in [-0.39, 0.29) is 5.54 Å². The van der Waals surface area contributed by atoms with E-state index in [1.165, 1.54) is 24.2 Å². The van der Waals surface area contributed by atoms with Gasteiger partial charge < -0.3 is 5.32 Å². The predicted molar refractivity (Wildman–Crippen MR) is 73.3 cm³/mol. The van der Waals surface area contributed by atoms with E-state index in [4.69, 9.17) is 0 Å². The van der Waals surface area contributed by atoms with Gasteiger partial charge in [0.2, 0.25) is 0 Å². The molecule has 3 heteroatoms. The normalized spacial score (nSPS) is 12.1. The van der Waals surface area contributed by atoms with E-state index in [0.717, 1.165) is 19.4 Å². The number of aryl methyl sites for hydroxylation is 3. The smallest absolute Gasteiger partial charge is 0.0624 e. The van der Waals surface area contributed by atoms with Crippen molar-refractivity contribution in [1.82, 2.24) is 15.1 Å². The molecule has 98 valence electrons. The van der Waals surface area contributed by atoms with Gasteiger partial charge in [-0.3, -0.25) is 4.68 Å². The third kappa shape index (κ3) is 5.35. The Labute approximate surface area is 106 Å². The van der Waals surface area contributed by atoms with Crippen molar-refractivity contribution >= 4 is 0 Å². The summed E-state index contributed by atoms with van der Waals surface area (Å²) in [5.41, 5.74) is 2.80. The summed E-state index contributed by atoms with van der Waals surface area (Å²) in [5, 5.41) is 7.99. The van der Waals surface area contributed by atoms with Crippen LogP contribution >= 0.6 is 0 Å². The van der Waals surface area contributed by atoms with Crippen LogP contribution in [0.2, 0.25) is 0 Å². The Morgan fingerprint density at radius 1 is 1.29 bits per heavy atom. The molecule has 0 amide bonds. The zero-order valence-corrected chi connectivity index (χ0v) is 12.0. The number of unbranched alkanes of at least 4 members (excludes halogenated alkanes) is 1. The minimum absolute atomic E-state index is 0.238. The lowest BCUT2D eigenvalue weighted by Gasteiger charge is -2.20. The summed E-state index contributed by atoms with van der Waals surface area (Å²) < 4.78 is 2.02. The molecule has 0 fully saturated rings. The molecule has 0 aliphatic heterocycles.